The van der Waals surface area contributed by atoms with E-state index in [0.29, 0.717) is 18.1 Å². The third-order valence-corrected chi connectivity index (χ3v) is 2.78. The second-order valence-corrected chi connectivity index (χ2v) is 4.52. The molecule has 0 saturated heterocycles. The van der Waals surface area contributed by atoms with E-state index >= 15 is 0 Å². The van der Waals surface area contributed by atoms with Crippen LogP contribution in [0.4, 0.5) is 0 Å². The highest BCUT2D eigenvalue weighted by Gasteiger charge is 2.13. The average Bonchev–Trinajstić information content (AvgIpc) is 2.39. The van der Waals surface area contributed by atoms with Gasteiger partial charge in [-0.1, -0.05) is 0 Å². The van der Waals surface area contributed by atoms with Crippen LogP contribution in [0.5, 0.6) is 11.5 Å². The summed E-state index contributed by atoms with van der Waals surface area (Å²) in [6.07, 6.45) is 3.17. The number of nitrogens with two attached hydrogens (primary N) is 1. The second-order valence-electron chi connectivity index (χ2n) is 2.95. The zero-order valence-corrected chi connectivity index (χ0v) is 8.53. The lowest BCUT2D eigenvalue weighted by molar-refractivity contribution is 0.355. The minimum atomic E-state index is -3.70. The second kappa shape index (κ2) is 3.56. The maximum absolute atomic E-state index is 11.1. The van der Waals surface area contributed by atoms with E-state index in [1.807, 2.05) is 0 Å². The average molecular weight is 227 g/mol. The summed E-state index contributed by atoms with van der Waals surface area (Å²) < 4.78 is 32.6. The van der Waals surface area contributed by atoms with E-state index in [1.54, 1.807) is 6.08 Å². The van der Waals surface area contributed by atoms with Crippen molar-refractivity contribution in [2.24, 2.45) is 5.14 Å². The van der Waals surface area contributed by atoms with Gasteiger partial charge in [-0.2, -0.15) is 0 Å². The first-order chi connectivity index (χ1) is 7.07. The topological polar surface area (TPSA) is 78.6 Å². The van der Waals surface area contributed by atoms with Gasteiger partial charge in [0.1, 0.15) is 6.61 Å². The summed E-state index contributed by atoms with van der Waals surface area (Å²) in [4.78, 5) is 0.00625. The quantitative estimate of drug-likeness (QED) is 0.762. The van der Waals surface area contributed by atoms with E-state index in [-0.39, 0.29) is 4.90 Å². The largest absolute Gasteiger partial charge is 0.485 e. The Morgan fingerprint density at radius 3 is 2.80 bits per heavy atom. The molecular weight excluding hydrogens is 218 g/mol. The molecule has 0 amide bonds. The summed E-state index contributed by atoms with van der Waals surface area (Å²) in [7, 11) is -3.70. The molecular formula is C9H9NO4S. The number of sulfonamides is 1. The van der Waals surface area contributed by atoms with Gasteiger partial charge in [0, 0.05) is 6.07 Å². The van der Waals surface area contributed by atoms with Gasteiger partial charge in [0.2, 0.25) is 10.0 Å². The van der Waals surface area contributed by atoms with Gasteiger partial charge in [-0.05, 0) is 18.2 Å². The molecule has 1 heterocycles. The lowest BCUT2D eigenvalue weighted by atomic mass is 10.3. The fourth-order valence-corrected chi connectivity index (χ4v) is 1.70. The van der Waals surface area contributed by atoms with Crippen LogP contribution in [0.2, 0.25) is 0 Å². The van der Waals surface area contributed by atoms with E-state index in [2.05, 4.69) is 0 Å². The van der Waals surface area contributed by atoms with Crippen molar-refractivity contribution in [2.45, 2.75) is 4.90 Å². The normalized spacial score (nSPS) is 14.7. The van der Waals surface area contributed by atoms with Gasteiger partial charge >= 0.3 is 0 Å². The molecule has 2 rings (SSSR count). The van der Waals surface area contributed by atoms with Crippen molar-refractivity contribution in [3.63, 3.8) is 0 Å². The van der Waals surface area contributed by atoms with Crippen LogP contribution >= 0.6 is 0 Å². The molecule has 5 nitrogen and oxygen atoms in total. The van der Waals surface area contributed by atoms with E-state index in [4.69, 9.17) is 14.6 Å². The van der Waals surface area contributed by atoms with Crippen molar-refractivity contribution >= 4 is 10.0 Å². The predicted molar refractivity (Wildman–Crippen MR) is 53.1 cm³/mol. The molecule has 0 bridgehead atoms. The predicted octanol–water partition coefficient (Wildman–Crippen LogP) is 0.619. The Hall–Kier alpha value is -1.53. The summed E-state index contributed by atoms with van der Waals surface area (Å²) in [6.45, 7) is 0.334. The van der Waals surface area contributed by atoms with E-state index in [1.165, 1.54) is 24.5 Å². The third kappa shape index (κ3) is 2.11. The van der Waals surface area contributed by atoms with Gasteiger partial charge in [0.05, 0.1) is 11.2 Å². The lowest BCUT2D eigenvalue weighted by Crippen LogP contribution is -2.12. The van der Waals surface area contributed by atoms with Crippen molar-refractivity contribution in [3.05, 3.63) is 30.5 Å². The van der Waals surface area contributed by atoms with E-state index in [0.717, 1.165) is 0 Å². The van der Waals surface area contributed by atoms with E-state index < -0.39 is 10.0 Å². The monoisotopic (exact) mass is 227 g/mol. The Morgan fingerprint density at radius 2 is 2.07 bits per heavy atom. The van der Waals surface area contributed by atoms with Crippen LogP contribution in [-0.4, -0.2) is 15.0 Å². The third-order valence-electron chi connectivity index (χ3n) is 1.87. The van der Waals surface area contributed by atoms with Crippen LogP contribution in [0.3, 0.4) is 0 Å². The van der Waals surface area contributed by atoms with Crippen molar-refractivity contribution in [1.82, 2.24) is 0 Å². The highest BCUT2D eigenvalue weighted by molar-refractivity contribution is 7.89. The summed E-state index contributed by atoms with van der Waals surface area (Å²) in [5.74, 6) is 0.836. The standard InChI is InChI=1S/C9H9NO4S/c10-15(11,12)7-2-3-8-9(6-7)14-5-1-4-13-8/h1-4,6H,5H2,(H2,10,11,12). The molecule has 15 heavy (non-hydrogen) atoms. The Bertz CT molecular complexity index is 507. The highest BCUT2D eigenvalue weighted by Crippen LogP contribution is 2.31. The Kier molecular flexibility index (Phi) is 2.37. The van der Waals surface area contributed by atoms with Crippen LogP contribution in [0, 0.1) is 0 Å². The Labute approximate surface area is 87.2 Å². The summed E-state index contributed by atoms with van der Waals surface area (Å²) >= 11 is 0. The zero-order chi connectivity index (χ0) is 10.9. The molecule has 0 saturated carbocycles. The molecule has 1 aromatic rings. The van der Waals surface area contributed by atoms with Crippen LogP contribution in [0.15, 0.2) is 35.4 Å². The van der Waals surface area contributed by atoms with Crippen molar-refractivity contribution < 1.29 is 17.9 Å². The summed E-state index contributed by atoms with van der Waals surface area (Å²) in [5.41, 5.74) is 0. The van der Waals surface area contributed by atoms with Gasteiger partial charge in [0.15, 0.2) is 11.5 Å². The summed E-state index contributed by atoms with van der Waals surface area (Å²) in [6, 6.07) is 4.22. The van der Waals surface area contributed by atoms with Crippen LogP contribution < -0.4 is 14.6 Å². The molecule has 0 aromatic heterocycles. The zero-order valence-electron chi connectivity index (χ0n) is 7.71. The minimum absolute atomic E-state index is 0.00625. The highest BCUT2D eigenvalue weighted by atomic mass is 32.2. The Morgan fingerprint density at radius 1 is 1.27 bits per heavy atom. The van der Waals surface area contributed by atoms with Crippen LogP contribution in [0.1, 0.15) is 0 Å². The molecule has 80 valence electrons. The van der Waals surface area contributed by atoms with Crippen molar-refractivity contribution in [2.75, 3.05) is 6.61 Å². The Balaban J connectivity index is 2.48. The number of hydrogen-bond acceptors (Lipinski definition) is 4. The number of fused-ring (bicyclic) bond motifs is 1. The molecule has 1 aromatic carbocycles. The van der Waals surface area contributed by atoms with Crippen molar-refractivity contribution in [3.8, 4) is 11.5 Å². The molecule has 1 aliphatic heterocycles. The summed E-state index contributed by atoms with van der Waals surface area (Å²) in [5, 5.41) is 4.99. The first kappa shape index (κ1) is 10.0. The maximum Gasteiger partial charge on any atom is 0.238 e. The fraction of sp³-hybridized carbons (Fsp3) is 0.111. The molecule has 1 aliphatic rings. The molecule has 0 spiro atoms. The smallest absolute Gasteiger partial charge is 0.238 e. The molecule has 0 atom stereocenters. The number of rotatable bonds is 1. The molecule has 0 fully saturated rings. The van der Waals surface area contributed by atoms with E-state index in [9.17, 15) is 8.42 Å². The van der Waals surface area contributed by atoms with Gasteiger partial charge in [-0.15, -0.1) is 0 Å². The molecule has 2 N–H and O–H groups in total. The van der Waals surface area contributed by atoms with Gasteiger partial charge in [-0.25, -0.2) is 13.6 Å². The number of ether oxygens (including phenoxy) is 2. The first-order valence-electron chi connectivity index (χ1n) is 4.19. The van der Waals surface area contributed by atoms with Crippen LogP contribution in [-0.2, 0) is 10.0 Å². The molecule has 0 aliphatic carbocycles. The van der Waals surface area contributed by atoms with Crippen molar-refractivity contribution in [1.29, 1.82) is 0 Å². The fourth-order valence-electron chi connectivity index (χ4n) is 1.17. The number of benzene rings is 1. The van der Waals surface area contributed by atoms with Gasteiger partial charge in [0.25, 0.3) is 0 Å². The first-order valence-corrected chi connectivity index (χ1v) is 5.73. The van der Waals surface area contributed by atoms with Gasteiger partial charge < -0.3 is 9.47 Å². The maximum atomic E-state index is 11.1. The van der Waals surface area contributed by atoms with Gasteiger partial charge in [-0.3, -0.25) is 0 Å². The van der Waals surface area contributed by atoms with Crippen LogP contribution in [0.25, 0.3) is 0 Å². The molecule has 6 heteroatoms. The number of hydrogen-bond donors (Lipinski definition) is 1. The lowest BCUT2D eigenvalue weighted by Gasteiger charge is -2.07. The minimum Gasteiger partial charge on any atom is -0.485 e. The SMILES string of the molecule is NS(=O)(=O)c1ccc2c(c1)OCC=CO2. The molecule has 0 unspecified atom stereocenters. The number of primary sulfonamides is 1. The molecule has 0 radical (unpaired) electrons.